The van der Waals surface area contributed by atoms with Crippen molar-refractivity contribution in [3.8, 4) is 17.1 Å². The fourth-order valence-corrected chi connectivity index (χ4v) is 8.01. The number of nitrogens with zero attached hydrogens (tertiary/aromatic N) is 6. The van der Waals surface area contributed by atoms with E-state index in [4.69, 9.17) is 21.8 Å². The highest BCUT2D eigenvalue weighted by molar-refractivity contribution is 7.23. The number of likely N-dealkylation sites (tertiary alicyclic amines) is 2. The van der Waals surface area contributed by atoms with Gasteiger partial charge in [0.1, 0.15) is 23.8 Å². The Balaban J connectivity index is 1.60. The molecule has 16 heteroatoms. The maximum atomic E-state index is 17.1. The summed E-state index contributed by atoms with van der Waals surface area (Å²) in [5.74, 6) is -2.55. The molecule has 3 atom stereocenters. The minimum absolute atomic E-state index is 0.0199. The van der Waals surface area contributed by atoms with Crippen molar-refractivity contribution in [2.45, 2.75) is 43.6 Å². The molecule has 2 aromatic carbocycles. The Kier molecular flexibility index (Phi) is 9.59. The number of hydrogen-bond acceptors (Lipinski definition) is 9. The number of carbonyl (C=O) groups is 1. The average molecular weight is 716 g/mol. The summed E-state index contributed by atoms with van der Waals surface area (Å²) in [4.78, 5) is 30.2. The van der Waals surface area contributed by atoms with Gasteiger partial charge in [-0.15, -0.1) is 11.3 Å². The molecule has 1 amide bonds. The van der Waals surface area contributed by atoms with Crippen LogP contribution in [0.3, 0.4) is 0 Å². The second-order valence-electron chi connectivity index (χ2n) is 12.4. The van der Waals surface area contributed by atoms with Crippen molar-refractivity contribution in [2.75, 3.05) is 58.1 Å². The lowest BCUT2D eigenvalue weighted by Crippen LogP contribution is -2.48. The molecule has 50 heavy (non-hydrogen) atoms. The summed E-state index contributed by atoms with van der Waals surface area (Å²) in [6.45, 7) is 12.6. The number of alkyl halides is 3. The number of ether oxygens (including phenoxy) is 2. The van der Waals surface area contributed by atoms with Crippen molar-refractivity contribution in [1.29, 1.82) is 0 Å². The van der Waals surface area contributed by atoms with Gasteiger partial charge >= 0.3 is 12.2 Å². The largest absolute Gasteiger partial charge is 0.462 e. The van der Waals surface area contributed by atoms with Crippen LogP contribution in [0.4, 0.5) is 38.5 Å². The maximum absolute atomic E-state index is 17.1. The Labute approximate surface area is 288 Å². The first-order valence-corrected chi connectivity index (χ1v) is 16.6. The number of benzene rings is 2. The molecule has 0 radical (unpaired) electrons. The molecule has 4 heterocycles. The van der Waals surface area contributed by atoms with Gasteiger partial charge in [-0.3, -0.25) is 4.79 Å². The van der Waals surface area contributed by atoms with Gasteiger partial charge in [-0.2, -0.15) is 23.1 Å². The molecule has 2 aromatic heterocycles. The summed E-state index contributed by atoms with van der Waals surface area (Å²) in [5.41, 5.74) is 2.58. The summed E-state index contributed by atoms with van der Waals surface area (Å²) < 4.78 is 88.3. The molecule has 2 N–H and O–H groups in total. The number of rotatable bonds is 9. The van der Waals surface area contributed by atoms with Crippen LogP contribution in [0.15, 0.2) is 30.9 Å². The first-order chi connectivity index (χ1) is 23.8. The Hall–Kier alpha value is -4.59. The molecular formula is C34H34F5N7O3S. The minimum atomic E-state index is -5.11. The number of thiophene rings is 1. The van der Waals surface area contributed by atoms with Crippen molar-refractivity contribution in [1.82, 2.24) is 19.8 Å². The monoisotopic (exact) mass is 715 g/mol. The molecule has 10 nitrogen and oxygen atoms in total. The van der Waals surface area contributed by atoms with Crippen LogP contribution < -0.4 is 15.4 Å². The molecule has 2 aliphatic heterocycles. The lowest BCUT2D eigenvalue weighted by atomic mass is 9.93. The van der Waals surface area contributed by atoms with Crippen LogP contribution in [0.1, 0.15) is 24.8 Å². The van der Waals surface area contributed by atoms with Gasteiger partial charge in [-0.25, -0.2) is 13.6 Å². The van der Waals surface area contributed by atoms with Crippen molar-refractivity contribution >= 4 is 54.7 Å². The number of likely N-dealkylation sites (N-methyl/N-ethyl adjacent to an activating group) is 2. The minimum Gasteiger partial charge on any atom is -0.462 e. The van der Waals surface area contributed by atoms with Crippen LogP contribution in [0.25, 0.3) is 37.0 Å². The molecule has 2 saturated heterocycles. The first kappa shape index (κ1) is 35.2. The summed E-state index contributed by atoms with van der Waals surface area (Å²) in [7, 11) is 5.01. The molecule has 2 fully saturated rings. The van der Waals surface area contributed by atoms with Gasteiger partial charge in [0.05, 0.1) is 40.5 Å². The zero-order valence-electron chi connectivity index (χ0n) is 27.5. The number of nitrogens with two attached hydrogens (primary N) is 1. The molecule has 0 aliphatic carbocycles. The number of amides is 1. The van der Waals surface area contributed by atoms with Gasteiger partial charge in [0.25, 0.3) is 0 Å². The molecule has 4 aromatic rings. The van der Waals surface area contributed by atoms with E-state index < -0.39 is 46.5 Å². The van der Waals surface area contributed by atoms with E-state index in [1.807, 2.05) is 7.05 Å². The smallest absolute Gasteiger partial charge is 0.417 e. The highest BCUT2D eigenvalue weighted by Gasteiger charge is 2.42. The molecular weight excluding hydrogens is 681 g/mol. The zero-order valence-corrected chi connectivity index (χ0v) is 28.3. The van der Waals surface area contributed by atoms with Gasteiger partial charge in [0.15, 0.2) is 5.82 Å². The molecule has 264 valence electrons. The van der Waals surface area contributed by atoms with Crippen molar-refractivity contribution < 1.29 is 36.2 Å². The highest BCUT2D eigenvalue weighted by atomic mass is 32.1. The third-order valence-corrected chi connectivity index (χ3v) is 10.6. The number of halogens is 5. The number of anilines is 2. The van der Waals surface area contributed by atoms with Crippen molar-refractivity contribution in [3.63, 3.8) is 0 Å². The summed E-state index contributed by atoms with van der Waals surface area (Å²) in [5, 5.41) is -0.593. The molecule has 2 aliphatic rings. The third kappa shape index (κ3) is 6.07. The summed E-state index contributed by atoms with van der Waals surface area (Å²) >= 11 is 0.696. The number of aromatic nitrogens is 2. The molecule has 6 rings (SSSR count). The SMILES string of the molecule is [C-]#[N+]c1c(N)sc2c(F)ccc(-c3c(C(F)(F)F)cc4c(N(C)[C@@H]5CCN(C(=O)C=C)[C@@H]5COC)nc(OC[C@@H]5CCCN5C)nc4c3F)c12. The predicted octanol–water partition coefficient (Wildman–Crippen LogP) is 6.65. The maximum Gasteiger partial charge on any atom is 0.417 e. The number of carbonyl (C=O) groups excluding carboxylic acids is 1. The van der Waals surface area contributed by atoms with E-state index >= 15 is 17.6 Å². The van der Waals surface area contributed by atoms with Gasteiger partial charge in [-0.05, 0) is 56.6 Å². The van der Waals surface area contributed by atoms with E-state index in [2.05, 4.69) is 26.3 Å². The second kappa shape index (κ2) is 13.6. The van der Waals surface area contributed by atoms with Crippen LogP contribution in [0, 0.1) is 18.2 Å². The van der Waals surface area contributed by atoms with E-state index in [1.54, 1.807) is 16.8 Å². The van der Waals surface area contributed by atoms with Gasteiger partial charge < -0.3 is 29.9 Å². The van der Waals surface area contributed by atoms with E-state index in [-0.39, 0.29) is 68.7 Å². The first-order valence-electron chi connectivity index (χ1n) is 15.8. The standard InChI is InChI=1S/C34H34F5N7O3S/c1-6-24(47)46-13-11-22(23(46)16-48-5)45(4)32-19-14-20(34(37,38)39)25(18-9-10-21(35)30-26(18)29(41-2)31(40)50-30)27(36)28(19)42-33(43-32)49-15-17-8-7-12-44(17)3/h6,9-10,14,17,22-23H,1,7-8,11-13,15-16,40H2,3-5H3/t17-,22+,23+/m0/s1. The topological polar surface area (TPSA) is 101 Å². The van der Waals surface area contributed by atoms with Crippen LogP contribution in [-0.2, 0) is 15.7 Å². The highest BCUT2D eigenvalue weighted by Crippen LogP contribution is 2.50. The quantitative estimate of drug-likeness (QED) is 0.117. The molecule has 0 spiro atoms. The van der Waals surface area contributed by atoms with Crippen molar-refractivity contribution in [2.24, 2.45) is 0 Å². The number of nitrogen functional groups attached to an aromatic ring is 1. The van der Waals surface area contributed by atoms with Gasteiger partial charge in [0, 0.05) is 43.1 Å². The Morgan fingerprint density at radius 2 is 2.00 bits per heavy atom. The number of methoxy groups -OCH3 is 1. The lowest BCUT2D eigenvalue weighted by molar-refractivity contribution is -0.137. The third-order valence-electron chi connectivity index (χ3n) is 9.58. The summed E-state index contributed by atoms with van der Waals surface area (Å²) in [6.07, 6.45) is -1.74. The van der Waals surface area contributed by atoms with Crippen LogP contribution in [0.2, 0.25) is 0 Å². The van der Waals surface area contributed by atoms with Gasteiger partial charge in [0.2, 0.25) is 11.6 Å². The van der Waals surface area contributed by atoms with Gasteiger partial charge in [-0.1, -0.05) is 12.6 Å². The predicted molar refractivity (Wildman–Crippen MR) is 181 cm³/mol. The molecule has 0 saturated carbocycles. The fourth-order valence-electron chi connectivity index (χ4n) is 7.07. The van der Waals surface area contributed by atoms with Crippen LogP contribution in [-0.4, -0.2) is 91.3 Å². The Morgan fingerprint density at radius 1 is 1.24 bits per heavy atom. The lowest BCUT2D eigenvalue weighted by Gasteiger charge is -2.34. The van der Waals surface area contributed by atoms with E-state index in [1.165, 1.54) is 13.2 Å². The number of fused-ring (bicyclic) bond motifs is 2. The van der Waals surface area contributed by atoms with E-state index in [0.717, 1.165) is 37.6 Å². The van der Waals surface area contributed by atoms with Crippen molar-refractivity contribution in [3.05, 3.63) is 59.5 Å². The summed E-state index contributed by atoms with van der Waals surface area (Å²) in [6, 6.07) is 1.43. The zero-order chi connectivity index (χ0) is 36.1. The van der Waals surface area contributed by atoms with E-state index in [0.29, 0.717) is 24.3 Å². The average Bonchev–Trinajstić information content (AvgIpc) is 3.79. The number of hydrogen-bond donors (Lipinski definition) is 1. The normalized spacial score (nSPS) is 19.7. The molecule has 0 bridgehead atoms. The fraction of sp³-hybridized carbons (Fsp3) is 0.412. The van der Waals surface area contributed by atoms with E-state index in [9.17, 15) is 9.18 Å². The van der Waals surface area contributed by atoms with Crippen LogP contribution >= 0.6 is 11.3 Å². The van der Waals surface area contributed by atoms with Crippen LogP contribution in [0.5, 0.6) is 6.01 Å². The Bertz CT molecular complexity index is 2030. The Morgan fingerprint density at radius 3 is 2.64 bits per heavy atom. The second-order valence-corrected chi connectivity index (χ2v) is 13.4. The molecule has 0 unspecified atom stereocenters.